The first-order valence-electron chi connectivity index (χ1n) is 8.20. The molecule has 3 rings (SSSR count). The van der Waals surface area contributed by atoms with Crippen molar-refractivity contribution in [1.29, 1.82) is 0 Å². The van der Waals surface area contributed by atoms with Crippen LogP contribution in [0.1, 0.15) is 26.0 Å². The van der Waals surface area contributed by atoms with Gasteiger partial charge in [0.1, 0.15) is 6.10 Å². The van der Waals surface area contributed by atoms with Crippen LogP contribution in [0.3, 0.4) is 0 Å². The minimum atomic E-state index is -1.03. The van der Waals surface area contributed by atoms with Gasteiger partial charge < -0.3 is 25.4 Å². The Labute approximate surface area is 149 Å². The smallest absolute Gasteiger partial charge is 0.333 e. The molecule has 3 heterocycles. The molecule has 0 aromatic carbocycles. The number of nitrogens with two attached hydrogens (primary N) is 1. The van der Waals surface area contributed by atoms with Crippen molar-refractivity contribution in [3.8, 4) is 18.2 Å². The predicted molar refractivity (Wildman–Crippen MR) is 92.4 cm³/mol. The Morgan fingerprint density at radius 3 is 2.88 bits per heavy atom. The molecular formula is C16H21N5O5. The highest BCUT2D eigenvalue weighted by atomic mass is 16.5. The Morgan fingerprint density at radius 1 is 1.54 bits per heavy atom. The largest absolute Gasteiger partial charge is 0.479 e. The Bertz CT molecular complexity index is 914. The van der Waals surface area contributed by atoms with Crippen LogP contribution in [0.4, 0.5) is 5.95 Å². The van der Waals surface area contributed by atoms with Crippen molar-refractivity contribution in [3.63, 3.8) is 0 Å². The summed E-state index contributed by atoms with van der Waals surface area (Å²) in [6, 6.07) is 0. The minimum absolute atomic E-state index is 0.0458. The molecule has 2 aromatic heterocycles. The lowest BCUT2D eigenvalue weighted by Gasteiger charge is -2.18. The van der Waals surface area contributed by atoms with Crippen molar-refractivity contribution in [2.75, 3.05) is 12.8 Å². The molecule has 140 valence electrons. The Kier molecular flexibility index (Phi) is 4.86. The lowest BCUT2D eigenvalue weighted by molar-refractivity contribution is -0.0759. The standard InChI is InChI=1S/C16H21N5O5/c1-4-6-20-11-12(18-15(17)19-13(11)25-3)21(16(20)24)14-9(23)7-10(26-14)8(22)5-2/h1,8-10,14,22-23H,5-7H2,2-3H3,(H2,17,18,19)/t8?,9-,10+,14-/m1/s1. The van der Waals surface area contributed by atoms with Crippen molar-refractivity contribution in [1.82, 2.24) is 19.1 Å². The molecule has 0 bridgehead atoms. The van der Waals surface area contributed by atoms with Gasteiger partial charge in [0.05, 0.1) is 25.9 Å². The SMILES string of the molecule is C#CCn1c(=O)n([C@@H]2O[C@H](C(O)CC)C[C@H]2O)c2nc(N)nc(OC)c21. The number of ether oxygens (including phenoxy) is 2. The number of aromatic nitrogens is 4. The highest BCUT2D eigenvalue weighted by Gasteiger charge is 2.40. The monoisotopic (exact) mass is 363 g/mol. The molecule has 10 heteroatoms. The molecule has 10 nitrogen and oxygen atoms in total. The van der Waals surface area contributed by atoms with E-state index < -0.39 is 30.2 Å². The van der Waals surface area contributed by atoms with Crippen LogP contribution in [0.25, 0.3) is 11.2 Å². The van der Waals surface area contributed by atoms with Crippen molar-refractivity contribution in [3.05, 3.63) is 10.5 Å². The molecule has 1 aliphatic rings. The number of anilines is 1. The number of hydrogen-bond acceptors (Lipinski definition) is 8. The summed E-state index contributed by atoms with van der Waals surface area (Å²) < 4.78 is 13.4. The Balaban J connectivity index is 2.21. The number of nitrogen functional groups attached to an aromatic ring is 1. The molecule has 2 aromatic rings. The molecule has 4 atom stereocenters. The Morgan fingerprint density at radius 2 is 2.27 bits per heavy atom. The summed E-state index contributed by atoms with van der Waals surface area (Å²) in [6.07, 6.45) is 2.63. The summed E-state index contributed by atoms with van der Waals surface area (Å²) in [7, 11) is 1.39. The molecule has 1 aliphatic heterocycles. The number of rotatable bonds is 5. The number of imidazole rings is 1. The van der Waals surface area contributed by atoms with Gasteiger partial charge in [-0.3, -0.25) is 4.57 Å². The van der Waals surface area contributed by atoms with Crippen LogP contribution in [0.2, 0.25) is 0 Å². The van der Waals surface area contributed by atoms with Gasteiger partial charge in [-0.15, -0.1) is 6.42 Å². The van der Waals surface area contributed by atoms with Crippen LogP contribution >= 0.6 is 0 Å². The van der Waals surface area contributed by atoms with E-state index in [4.69, 9.17) is 21.6 Å². The third kappa shape index (κ3) is 2.80. The molecule has 0 amide bonds. The van der Waals surface area contributed by atoms with E-state index in [1.165, 1.54) is 16.2 Å². The number of hydrogen-bond donors (Lipinski definition) is 3. The van der Waals surface area contributed by atoms with Crippen LogP contribution in [-0.4, -0.2) is 54.7 Å². The first-order chi connectivity index (χ1) is 12.4. The average molecular weight is 363 g/mol. The van der Waals surface area contributed by atoms with Crippen LogP contribution in [-0.2, 0) is 11.3 Å². The molecule has 26 heavy (non-hydrogen) atoms. The number of terminal acetylenes is 1. The van der Waals surface area contributed by atoms with E-state index in [-0.39, 0.29) is 36.0 Å². The average Bonchev–Trinajstić information content (AvgIpc) is 3.12. The van der Waals surface area contributed by atoms with Crippen molar-refractivity contribution >= 4 is 17.1 Å². The Hall–Kier alpha value is -2.61. The number of aliphatic hydroxyl groups is 2. The number of fused-ring (bicyclic) bond motifs is 1. The van der Waals surface area contributed by atoms with Gasteiger partial charge in [0.25, 0.3) is 0 Å². The van der Waals surface area contributed by atoms with E-state index in [1.54, 1.807) is 6.92 Å². The fourth-order valence-electron chi connectivity index (χ4n) is 3.19. The van der Waals surface area contributed by atoms with Gasteiger partial charge in [-0.2, -0.15) is 9.97 Å². The van der Waals surface area contributed by atoms with Gasteiger partial charge >= 0.3 is 5.69 Å². The highest BCUT2D eigenvalue weighted by Crippen LogP contribution is 2.33. The van der Waals surface area contributed by atoms with Crippen LogP contribution in [0.5, 0.6) is 5.88 Å². The summed E-state index contributed by atoms with van der Waals surface area (Å²) in [5.74, 6) is 2.39. The third-order valence-corrected chi connectivity index (χ3v) is 4.45. The second kappa shape index (κ2) is 6.95. The molecule has 0 saturated carbocycles. The topological polar surface area (TPSA) is 138 Å². The lowest BCUT2D eigenvalue weighted by Crippen LogP contribution is -2.32. The van der Waals surface area contributed by atoms with E-state index in [0.29, 0.717) is 6.42 Å². The van der Waals surface area contributed by atoms with Crippen LogP contribution < -0.4 is 16.2 Å². The number of methoxy groups -OCH3 is 1. The molecule has 1 saturated heterocycles. The predicted octanol–water partition coefficient (Wildman–Crippen LogP) is -0.764. The highest BCUT2D eigenvalue weighted by molar-refractivity contribution is 5.78. The summed E-state index contributed by atoms with van der Waals surface area (Å²) in [4.78, 5) is 21.1. The zero-order chi connectivity index (χ0) is 19.0. The normalized spacial score (nSPS) is 23.9. The van der Waals surface area contributed by atoms with Gasteiger partial charge in [-0.1, -0.05) is 12.8 Å². The fourth-order valence-corrected chi connectivity index (χ4v) is 3.19. The maximum absolute atomic E-state index is 12.9. The van der Waals surface area contributed by atoms with Gasteiger partial charge in [0.15, 0.2) is 17.4 Å². The quantitative estimate of drug-likeness (QED) is 0.589. The summed E-state index contributed by atoms with van der Waals surface area (Å²) >= 11 is 0. The second-order valence-electron chi connectivity index (χ2n) is 6.05. The molecule has 0 radical (unpaired) electrons. The van der Waals surface area contributed by atoms with Gasteiger partial charge in [0.2, 0.25) is 11.8 Å². The van der Waals surface area contributed by atoms with E-state index >= 15 is 0 Å². The molecule has 0 aliphatic carbocycles. The van der Waals surface area contributed by atoms with Crippen molar-refractivity contribution < 1.29 is 19.7 Å². The zero-order valence-corrected chi connectivity index (χ0v) is 14.5. The first-order valence-corrected chi connectivity index (χ1v) is 8.20. The number of nitrogens with zero attached hydrogens (tertiary/aromatic N) is 4. The van der Waals surface area contributed by atoms with Gasteiger partial charge in [-0.25, -0.2) is 9.36 Å². The van der Waals surface area contributed by atoms with E-state index in [0.717, 1.165) is 0 Å². The van der Waals surface area contributed by atoms with E-state index in [2.05, 4.69) is 15.9 Å². The van der Waals surface area contributed by atoms with E-state index in [1.807, 2.05) is 0 Å². The fraction of sp³-hybridized carbons (Fsp3) is 0.562. The van der Waals surface area contributed by atoms with Crippen LogP contribution in [0, 0.1) is 12.3 Å². The maximum atomic E-state index is 12.9. The molecule has 1 unspecified atom stereocenters. The minimum Gasteiger partial charge on any atom is -0.479 e. The second-order valence-corrected chi connectivity index (χ2v) is 6.05. The van der Waals surface area contributed by atoms with Gasteiger partial charge in [-0.05, 0) is 6.42 Å². The zero-order valence-electron chi connectivity index (χ0n) is 14.5. The first kappa shape index (κ1) is 18.2. The lowest BCUT2D eigenvalue weighted by atomic mass is 10.1. The molecule has 0 spiro atoms. The summed E-state index contributed by atoms with van der Waals surface area (Å²) in [5.41, 5.74) is 5.59. The maximum Gasteiger partial charge on any atom is 0.333 e. The molecule has 1 fully saturated rings. The van der Waals surface area contributed by atoms with Gasteiger partial charge in [0, 0.05) is 6.42 Å². The van der Waals surface area contributed by atoms with Crippen molar-refractivity contribution in [2.24, 2.45) is 0 Å². The molecule has 4 N–H and O–H groups in total. The summed E-state index contributed by atoms with van der Waals surface area (Å²) in [5, 5.41) is 20.4. The summed E-state index contributed by atoms with van der Waals surface area (Å²) in [6.45, 7) is 1.76. The van der Waals surface area contributed by atoms with E-state index in [9.17, 15) is 15.0 Å². The number of aliphatic hydroxyl groups excluding tert-OH is 2. The van der Waals surface area contributed by atoms with Crippen molar-refractivity contribution in [2.45, 2.75) is 50.8 Å². The third-order valence-electron chi connectivity index (χ3n) is 4.45. The van der Waals surface area contributed by atoms with Crippen LogP contribution in [0.15, 0.2) is 4.79 Å². The molecular weight excluding hydrogens is 342 g/mol.